The molecule has 1 aliphatic rings. The van der Waals surface area contributed by atoms with Crippen molar-refractivity contribution in [2.75, 3.05) is 5.32 Å². The molecule has 2 N–H and O–H groups in total. The smallest absolute Gasteiger partial charge is 0.319 e. The van der Waals surface area contributed by atoms with Crippen LogP contribution in [0.5, 0.6) is 0 Å². The second-order valence-corrected chi connectivity index (χ2v) is 6.17. The lowest BCUT2D eigenvalue weighted by atomic mass is 9.96. The summed E-state index contributed by atoms with van der Waals surface area (Å²) in [5.41, 5.74) is 1.65. The molecule has 1 aliphatic carbocycles. The summed E-state index contributed by atoms with van der Waals surface area (Å²) in [6, 6.07) is 16.2. The van der Waals surface area contributed by atoms with Crippen LogP contribution in [0, 0.1) is 0 Å². The monoisotopic (exact) mass is 322 g/mol. The van der Waals surface area contributed by atoms with E-state index in [9.17, 15) is 9.59 Å². The van der Waals surface area contributed by atoms with E-state index in [4.69, 9.17) is 0 Å². The number of carbonyl (C=O) groups is 2. The summed E-state index contributed by atoms with van der Waals surface area (Å²) in [5.74, 6) is -0.0934. The number of benzene rings is 2. The Morgan fingerprint density at radius 2 is 1.50 bits per heavy atom. The van der Waals surface area contributed by atoms with Gasteiger partial charge in [0.1, 0.15) is 0 Å². The zero-order chi connectivity index (χ0) is 16.8. The molecule has 4 nitrogen and oxygen atoms in total. The number of hydrogen-bond acceptors (Lipinski definition) is 2. The van der Waals surface area contributed by atoms with Crippen molar-refractivity contribution in [2.45, 2.75) is 38.1 Å². The Bertz CT molecular complexity index is 707. The highest BCUT2D eigenvalue weighted by atomic mass is 16.2. The minimum Gasteiger partial charge on any atom is -0.335 e. The van der Waals surface area contributed by atoms with Crippen molar-refractivity contribution < 1.29 is 9.59 Å². The van der Waals surface area contributed by atoms with Gasteiger partial charge in [0.2, 0.25) is 0 Å². The molecule has 0 spiro atoms. The number of carbonyl (C=O) groups excluding carboxylic acids is 2. The highest BCUT2D eigenvalue weighted by Crippen LogP contribution is 2.20. The summed E-state index contributed by atoms with van der Waals surface area (Å²) < 4.78 is 0. The SMILES string of the molecule is O=C(Nc1ccccc1C(=O)c1ccccc1)NC1CCCCC1. The van der Waals surface area contributed by atoms with Crippen molar-refractivity contribution in [3.05, 3.63) is 65.7 Å². The minimum absolute atomic E-state index is 0.0934. The van der Waals surface area contributed by atoms with Gasteiger partial charge in [-0.1, -0.05) is 61.7 Å². The molecule has 0 heterocycles. The maximum absolute atomic E-state index is 12.7. The van der Waals surface area contributed by atoms with E-state index < -0.39 is 0 Å². The van der Waals surface area contributed by atoms with Gasteiger partial charge in [-0.25, -0.2) is 4.79 Å². The molecule has 1 fully saturated rings. The Morgan fingerprint density at radius 3 is 2.25 bits per heavy atom. The predicted molar refractivity (Wildman–Crippen MR) is 95.3 cm³/mol. The first-order valence-electron chi connectivity index (χ1n) is 8.50. The average Bonchev–Trinajstić information content (AvgIpc) is 2.63. The van der Waals surface area contributed by atoms with Crippen molar-refractivity contribution in [1.82, 2.24) is 5.32 Å². The fourth-order valence-corrected chi connectivity index (χ4v) is 3.13. The molecule has 4 heteroatoms. The van der Waals surface area contributed by atoms with Crippen molar-refractivity contribution >= 4 is 17.5 Å². The largest absolute Gasteiger partial charge is 0.335 e. The van der Waals surface area contributed by atoms with E-state index in [1.165, 1.54) is 6.42 Å². The van der Waals surface area contributed by atoms with E-state index in [1.54, 1.807) is 30.3 Å². The third kappa shape index (κ3) is 4.02. The number of urea groups is 1. The van der Waals surface area contributed by atoms with E-state index in [0.29, 0.717) is 16.8 Å². The van der Waals surface area contributed by atoms with Gasteiger partial charge < -0.3 is 10.6 Å². The minimum atomic E-state index is -0.241. The third-order valence-corrected chi connectivity index (χ3v) is 4.40. The summed E-state index contributed by atoms with van der Waals surface area (Å²) in [7, 11) is 0. The summed E-state index contributed by atoms with van der Waals surface area (Å²) in [4.78, 5) is 24.9. The van der Waals surface area contributed by atoms with Crippen LogP contribution in [0.25, 0.3) is 0 Å². The van der Waals surface area contributed by atoms with Gasteiger partial charge >= 0.3 is 6.03 Å². The van der Waals surface area contributed by atoms with Crippen LogP contribution >= 0.6 is 0 Å². The topological polar surface area (TPSA) is 58.2 Å². The fourth-order valence-electron chi connectivity index (χ4n) is 3.13. The average molecular weight is 322 g/mol. The molecule has 0 unspecified atom stereocenters. The zero-order valence-corrected chi connectivity index (χ0v) is 13.6. The molecule has 24 heavy (non-hydrogen) atoms. The van der Waals surface area contributed by atoms with Crippen LogP contribution in [0.4, 0.5) is 10.5 Å². The highest BCUT2D eigenvalue weighted by molar-refractivity contribution is 6.13. The molecule has 0 aliphatic heterocycles. The molecule has 2 aromatic rings. The molecule has 0 radical (unpaired) electrons. The molecule has 124 valence electrons. The Labute approximate surface area is 142 Å². The predicted octanol–water partition coefficient (Wildman–Crippen LogP) is 4.37. The lowest BCUT2D eigenvalue weighted by Gasteiger charge is -2.23. The number of hydrogen-bond donors (Lipinski definition) is 2. The standard InChI is InChI=1S/C20H22N2O2/c23-19(15-9-3-1-4-10-15)17-13-7-8-14-18(17)22-20(24)21-16-11-5-2-6-12-16/h1,3-4,7-10,13-14,16H,2,5-6,11-12H2,(H2,21,22,24). The molecular formula is C20H22N2O2. The van der Waals surface area contributed by atoms with Crippen LogP contribution in [-0.4, -0.2) is 17.9 Å². The van der Waals surface area contributed by atoms with Gasteiger partial charge in [0.25, 0.3) is 0 Å². The first-order chi connectivity index (χ1) is 11.7. The van der Waals surface area contributed by atoms with Gasteiger partial charge in [0.05, 0.1) is 5.69 Å². The highest BCUT2D eigenvalue weighted by Gasteiger charge is 2.18. The van der Waals surface area contributed by atoms with Crippen molar-refractivity contribution in [3.8, 4) is 0 Å². The molecule has 0 atom stereocenters. The van der Waals surface area contributed by atoms with E-state index in [1.807, 2.05) is 24.3 Å². The molecule has 1 saturated carbocycles. The summed E-state index contributed by atoms with van der Waals surface area (Å²) >= 11 is 0. The quantitative estimate of drug-likeness (QED) is 0.821. The maximum Gasteiger partial charge on any atom is 0.319 e. The van der Waals surface area contributed by atoms with Crippen LogP contribution in [0.3, 0.4) is 0 Å². The van der Waals surface area contributed by atoms with Crippen molar-refractivity contribution in [3.63, 3.8) is 0 Å². The van der Waals surface area contributed by atoms with Crippen LogP contribution in [0.2, 0.25) is 0 Å². The fraction of sp³-hybridized carbons (Fsp3) is 0.300. The maximum atomic E-state index is 12.7. The van der Waals surface area contributed by atoms with Crippen LogP contribution in [0.1, 0.15) is 48.0 Å². The Hall–Kier alpha value is -2.62. The van der Waals surface area contributed by atoms with Crippen LogP contribution in [0.15, 0.2) is 54.6 Å². The van der Waals surface area contributed by atoms with Crippen LogP contribution < -0.4 is 10.6 Å². The van der Waals surface area contributed by atoms with Crippen molar-refractivity contribution in [1.29, 1.82) is 0 Å². The zero-order valence-electron chi connectivity index (χ0n) is 13.6. The molecule has 0 bridgehead atoms. The number of rotatable bonds is 4. The number of para-hydroxylation sites is 1. The van der Waals surface area contributed by atoms with Gasteiger partial charge in [-0.15, -0.1) is 0 Å². The molecule has 0 saturated heterocycles. The van der Waals surface area contributed by atoms with Gasteiger partial charge in [-0.05, 0) is 25.0 Å². The van der Waals surface area contributed by atoms with E-state index in [2.05, 4.69) is 10.6 Å². The van der Waals surface area contributed by atoms with E-state index >= 15 is 0 Å². The van der Waals surface area contributed by atoms with Crippen molar-refractivity contribution in [2.24, 2.45) is 0 Å². The molecular weight excluding hydrogens is 300 g/mol. The summed E-state index contributed by atoms with van der Waals surface area (Å²) in [5, 5.41) is 5.85. The molecule has 0 aromatic heterocycles. The number of amides is 2. The second-order valence-electron chi connectivity index (χ2n) is 6.17. The number of nitrogens with one attached hydrogen (secondary N) is 2. The molecule has 2 aromatic carbocycles. The number of ketones is 1. The van der Waals surface area contributed by atoms with Gasteiger partial charge in [-0.2, -0.15) is 0 Å². The first-order valence-corrected chi connectivity index (χ1v) is 8.50. The van der Waals surface area contributed by atoms with Gasteiger partial charge in [-0.3, -0.25) is 4.79 Å². The lowest BCUT2D eigenvalue weighted by molar-refractivity contribution is 0.103. The van der Waals surface area contributed by atoms with E-state index in [-0.39, 0.29) is 17.9 Å². The normalized spacial score (nSPS) is 14.8. The number of anilines is 1. The lowest BCUT2D eigenvalue weighted by Crippen LogP contribution is -2.39. The van der Waals surface area contributed by atoms with Gasteiger partial charge in [0, 0.05) is 17.2 Å². The first kappa shape index (κ1) is 16.2. The second kappa shape index (κ2) is 7.77. The summed E-state index contributed by atoms with van der Waals surface area (Å²) in [6.45, 7) is 0. The third-order valence-electron chi connectivity index (χ3n) is 4.40. The van der Waals surface area contributed by atoms with Gasteiger partial charge in [0.15, 0.2) is 5.78 Å². The summed E-state index contributed by atoms with van der Waals surface area (Å²) in [6.07, 6.45) is 5.62. The Kier molecular flexibility index (Phi) is 5.26. The van der Waals surface area contributed by atoms with Crippen LogP contribution in [-0.2, 0) is 0 Å². The Morgan fingerprint density at radius 1 is 0.833 bits per heavy atom. The molecule has 2 amide bonds. The Balaban J connectivity index is 1.72. The van der Waals surface area contributed by atoms with E-state index in [0.717, 1.165) is 25.7 Å². The molecule has 3 rings (SSSR count).